The lowest BCUT2D eigenvalue weighted by Crippen LogP contribution is -2.21. The molecule has 0 unspecified atom stereocenters. The SMILES string of the molecule is CCN(CC)C1=CC=IC(C)=C1. The van der Waals surface area contributed by atoms with E-state index in [2.05, 4.69) is 41.8 Å². The molecule has 0 fully saturated rings. The van der Waals surface area contributed by atoms with Crippen LogP contribution < -0.4 is 0 Å². The molecule has 0 spiro atoms. The van der Waals surface area contributed by atoms with Crippen molar-refractivity contribution in [2.75, 3.05) is 13.1 Å². The van der Waals surface area contributed by atoms with Crippen LogP contribution in [0.3, 0.4) is 0 Å². The molecule has 0 saturated carbocycles. The van der Waals surface area contributed by atoms with Gasteiger partial charge in [0, 0.05) is 18.8 Å². The number of hydrogen-bond donors (Lipinski definition) is 0. The predicted molar refractivity (Wildman–Crippen MR) is 64.8 cm³/mol. The molecule has 0 aliphatic carbocycles. The first-order valence-corrected chi connectivity index (χ1v) is 6.70. The zero-order chi connectivity index (χ0) is 8.97. The van der Waals surface area contributed by atoms with E-state index in [0.29, 0.717) is 0 Å². The highest BCUT2D eigenvalue weighted by Crippen LogP contribution is 2.21. The fourth-order valence-electron chi connectivity index (χ4n) is 1.26. The van der Waals surface area contributed by atoms with E-state index >= 15 is 0 Å². The fourth-order valence-corrected chi connectivity index (χ4v) is 2.88. The molecule has 0 atom stereocenters. The van der Waals surface area contributed by atoms with Crippen LogP contribution >= 0.6 is 20.7 Å². The maximum Gasteiger partial charge on any atom is 0.0377 e. The Balaban J connectivity index is 2.76. The minimum Gasteiger partial charge on any atom is -0.372 e. The van der Waals surface area contributed by atoms with E-state index in [-0.39, 0.29) is 20.7 Å². The van der Waals surface area contributed by atoms with E-state index in [0.717, 1.165) is 13.1 Å². The normalized spacial score (nSPS) is 16.2. The van der Waals surface area contributed by atoms with Crippen molar-refractivity contribution in [1.82, 2.24) is 4.90 Å². The Hall–Kier alpha value is -0.120. The van der Waals surface area contributed by atoms with Gasteiger partial charge < -0.3 is 4.90 Å². The van der Waals surface area contributed by atoms with Gasteiger partial charge in [0.05, 0.1) is 0 Å². The molecule has 0 saturated heterocycles. The average Bonchev–Trinajstić information content (AvgIpc) is 2.07. The maximum absolute atomic E-state index is 2.39. The van der Waals surface area contributed by atoms with E-state index in [1.54, 1.807) is 3.58 Å². The molecule has 0 bridgehead atoms. The minimum absolute atomic E-state index is 0.222. The molecule has 0 N–H and O–H groups in total. The van der Waals surface area contributed by atoms with Crippen molar-refractivity contribution in [2.45, 2.75) is 20.8 Å². The summed E-state index contributed by atoms with van der Waals surface area (Å²) in [6, 6.07) is 0. The van der Waals surface area contributed by atoms with Gasteiger partial charge in [-0.15, -0.1) is 0 Å². The van der Waals surface area contributed by atoms with E-state index in [1.807, 2.05) is 0 Å². The molecule has 1 aliphatic heterocycles. The summed E-state index contributed by atoms with van der Waals surface area (Å²) >= 11 is 0.222. The molecule has 1 rings (SSSR count). The van der Waals surface area contributed by atoms with Crippen LogP contribution in [0.15, 0.2) is 21.4 Å². The molecule has 68 valence electrons. The van der Waals surface area contributed by atoms with Gasteiger partial charge in [0.15, 0.2) is 0 Å². The summed E-state index contributed by atoms with van der Waals surface area (Å²) in [4.78, 5) is 2.39. The Bertz CT molecular complexity index is 234. The van der Waals surface area contributed by atoms with Crippen LogP contribution in [0.2, 0.25) is 0 Å². The Labute approximate surface area is 84.9 Å². The second-order valence-electron chi connectivity index (χ2n) is 2.73. The van der Waals surface area contributed by atoms with E-state index in [4.69, 9.17) is 0 Å². The van der Waals surface area contributed by atoms with Crippen molar-refractivity contribution in [1.29, 1.82) is 0 Å². The van der Waals surface area contributed by atoms with Crippen molar-refractivity contribution in [3.63, 3.8) is 0 Å². The highest BCUT2D eigenvalue weighted by Gasteiger charge is 2.03. The van der Waals surface area contributed by atoms with E-state index < -0.39 is 0 Å². The number of hydrogen-bond acceptors (Lipinski definition) is 1. The quantitative estimate of drug-likeness (QED) is 0.717. The highest BCUT2D eigenvalue weighted by atomic mass is 127. The topological polar surface area (TPSA) is 3.24 Å². The van der Waals surface area contributed by atoms with Gasteiger partial charge in [-0.3, -0.25) is 0 Å². The van der Waals surface area contributed by atoms with Crippen LogP contribution in [0.4, 0.5) is 0 Å². The van der Waals surface area contributed by atoms with Gasteiger partial charge in [0.2, 0.25) is 0 Å². The Morgan fingerprint density at radius 2 is 2.00 bits per heavy atom. The summed E-state index contributed by atoms with van der Waals surface area (Å²) in [5.74, 6) is 0. The van der Waals surface area contributed by atoms with Crippen molar-refractivity contribution in [2.24, 2.45) is 0 Å². The molecule has 0 aromatic carbocycles. The highest BCUT2D eigenvalue weighted by molar-refractivity contribution is 14.2. The molecule has 0 radical (unpaired) electrons. The lowest BCUT2D eigenvalue weighted by molar-refractivity contribution is 0.395. The Kier molecular flexibility index (Phi) is 3.98. The number of likely N-dealkylation sites (N-methyl/N-ethyl adjacent to an activating group) is 1. The van der Waals surface area contributed by atoms with Crippen molar-refractivity contribution < 1.29 is 0 Å². The smallest absolute Gasteiger partial charge is 0.0377 e. The predicted octanol–water partition coefficient (Wildman–Crippen LogP) is 2.90. The third kappa shape index (κ3) is 2.44. The van der Waals surface area contributed by atoms with Crippen LogP contribution in [0.5, 0.6) is 0 Å². The van der Waals surface area contributed by atoms with Crippen LogP contribution in [0.25, 0.3) is 0 Å². The number of allylic oxidation sites excluding steroid dienone is 3. The lowest BCUT2D eigenvalue weighted by atomic mass is 10.3. The Morgan fingerprint density at radius 1 is 1.33 bits per heavy atom. The first-order valence-electron chi connectivity index (χ1n) is 4.38. The van der Waals surface area contributed by atoms with Crippen LogP contribution in [0, 0.1) is 0 Å². The first-order chi connectivity index (χ1) is 5.77. The lowest BCUT2D eigenvalue weighted by Gasteiger charge is -2.23. The number of rotatable bonds is 3. The Morgan fingerprint density at radius 3 is 2.50 bits per heavy atom. The zero-order valence-electron chi connectivity index (χ0n) is 7.97. The van der Waals surface area contributed by atoms with Crippen molar-refractivity contribution >= 4 is 24.7 Å². The molecule has 0 amide bonds. The van der Waals surface area contributed by atoms with Gasteiger partial charge >= 0.3 is 0 Å². The van der Waals surface area contributed by atoms with Gasteiger partial charge in [-0.2, -0.15) is 0 Å². The summed E-state index contributed by atoms with van der Waals surface area (Å²) in [5.41, 5.74) is 1.39. The summed E-state index contributed by atoms with van der Waals surface area (Å²) in [7, 11) is 0. The molecule has 12 heavy (non-hydrogen) atoms. The number of nitrogens with zero attached hydrogens (tertiary/aromatic N) is 1. The fraction of sp³-hybridized carbons (Fsp3) is 0.500. The zero-order valence-corrected chi connectivity index (χ0v) is 10.1. The largest absolute Gasteiger partial charge is 0.372 e. The second-order valence-corrected chi connectivity index (χ2v) is 5.77. The average molecular weight is 277 g/mol. The summed E-state index contributed by atoms with van der Waals surface area (Å²) in [6.45, 7) is 8.87. The summed E-state index contributed by atoms with van der Waals surface area (Å²) < 4.78 is 3.92. The third-order valence-corrected chi connectivity index (χ3v) is 3.96. The van der Waals surface area contributed by atoms with Gasteiger partial charge in [-0.1, -0.05) is 20.7 Å². The second kappa shape index (κ2) is 4.80. The number of halogens is 1. The maximum atomic E-state index is 2.39. The standard InChI is InChI=1S/C10H16IN/c1-4-12(5-2)10-6-7-11-9(3)8-10/h6-8H,4-5H2,1-3H3. The van der Waals surface area contributed by atoms with Gasteiger partial charge in [-0.05, 0) is 40.5 Å². The minimum atomic E-state index is 0.222. The molecular weight excluding hydrogens is 261 g/mol. The molecule has 0 aromatic rings. The van der Waals surface area contributed by atoms with Crippen LogP contribution in [0.1, 0.15) is 20.8 Å². The summed E-state index contributed by atoms with van der Waals surface area (Å²) in [6.07, 6.45) is 4.60. The van der Waals surface area contributed by atoms with Gasteiger partial charge in [-0.25, -0.2) is 0 Å². The third-order valence-electron chi connectivity index (χ3n) is 1.94. The molecule has 0 aromatic heterocycles. The van der Waals surface area contributed by atoms with Gasteiger partial charge in [0.25, 0.3) is 0 Å². The van der Waals surface area contributed by atoms with Crippen LogP contribution in [-0.2, 0) is 0 Å². The van der Waals surface area contributed by atoms with E-state index in [9.17, 15) is 0 Å². The molecule has 1 heterocycles. The van der Waals surface area contributed by atoms with E-state index in [1.165, 1.54) is 5.70 Å². The molecule has 1 nitrogen and oxygen atoms in total. The van der Waals surface area contributed by atoms with Crippen molar-refractivity contribution in [3.8, 4) is 0 Å². The van der Waals surface area contributed by atoms with Gasteiger partial charge in [0.1, 0.15) is 0 Å². The molecule has 1 aliphatic rings. The van der Waals surface area contributed by atoms with Crippen LogP contribution in [-0.4, -0.2) is 22.0 Å². The van der Waals surface area contributed by atoms with Crippen molar-refractivity contribution in [3.05, 3.63) is 21.4 Å². The first kappa shape index (κ1) is 9.96. The summed E-state index contributed by atoms with van der Waals surface area (Å²) in [5, 5.41) is 0. The molecular formula is C10H16IN. The molecule has 2 heteroatoms. The monoisotopic (exact) mass is 277 g/mol.